The summed E-state index contributed by atoms with van der Waals surface area (Å²) < 4.78 is 5.81. The third-order valence-corrected chi connectivity index (χ3v) is 2.75. The lowest BCUT2D eigenvalue weighted by Gasteiger charge is -2.23. The van der Waals surface area contributed by atoms with Crippen LogP contribution in [0.25, 0.3) is 0 Å². The molecule has 2 rings (SSSR count). The first-order chi connectivity index (χ1) is 8.29. The number of carbonyl (C=O) groups is 1. The van der Waals surface area contributed by atoms with Crippen molar-refractivity contribution in [3.05, 3.63) is 24.0 Å². The molecular formula is C12H17N3O2. The highest BCUT2D eigenvalue weighted by molar-refractivity contribution is 5.92. The molecule has 17 heavy (non-hydrogen) atoms. The van der Waals surface area contributed by atoms with E-state index in [0.29, 0.717) is 11.4 Å². The van der Waals surface area contributed by atoms with Gasteiger partial charge in [-0.25, -0.2) is 0 Å². The zero-order chi connectivity index (χ0) is 12.1. The van der Waals surface area contributed by atoms with Crippen molar-refractivity contribution in [2.24, 2.45) is 0 Å². The topological polar surface area (TPSA) is 63.2 Å². The van der Waals surface area contributed by atoms with Crippen molar-refractivity contribution in [2.45, 2.75) is 18.9 Å². The van der Waals surface area contributed by atoms with Crippen molar-refractivity contribution >= 4 is 5.91 Å². The molecule has 0 aliphatic carbocycles. The molecule has 0 bridgehead atoms. The van der Waals surface area contributed by atoms with Gasteiger partial charge < -0.3 is 15.4 Å². The molecule has 1 aliphatic heterocycles. The summed E-state index contributed by atoms with van der Waals surface area (Å²) in [6.45, 7) is 1.91. The summed E-state index contributed by atoms with van der Waals surface area (Å²) in [6, 6.07) is 3.45. The van der Waals surface area contributed by atoms with Crippen LogP contribution >= 0.6 is 0 Å². The van der Waals surface area contributed by atoms with E-state index in [4.69, 9.17) is 4.74 Å². The number of nitrogens with zero attached hydrogens (tertiary/aromatic N) is 1. The van der Waals surface area contributed by atoms with E-state index >= 15 is 0 Å². The maximum absolute atomic E-state index is 11.4. The van der Waals surface area contributed by atoms with Crippen LogP contribution in [0.1, 0.15) is 23.3 Å². The average Bonchev–Trinajstić information content (AvgIpc) is 2.39. The van der Waals surface area contributed by atoms with Gasteiger partial charge >= 0.3 is 0 Å². The number of amides is 1. The van der Waals surface area contributed by atoms with Crippen LogP contribution in [0.15, 0.2) is 18.3 Å². The Bertz CT molecular complexity index is 389. The average molecular weight is 235 g/mol. The van der Waals surface area contributed by atoms with Gasteiger partial charge in [0.15, 0.2) is 0 Å². The van der Waals surface area contributed by atoms with E-state index in [2.05, 4.69) is 15.6 Å². The first-order valence-corrected chi connectivity index (χ1v) is 5.85. The Morgan fingerprint density at radius 1 is 1.65 bits per heavy atom. The summed E-state index contributed by atoms with van der Waals surface area (Å²) in [5.41, 5.74) is 0.383. The number of ether oxygens (including phenoxy) is 1. The number of hydrogen-bond acceptors (Lipinski definition) is 4. The molecule has 2 heterocycles. The molecule has 92 valence electrons. The number of piperidine rings is 1. The Kier molecular flexibility index (Phi) is 3.93. The van der Waals surface area contributed by atoms with Crippen LogP contribution in [0.2, 0.25) is 0 Å². The lowest BCUT2D eigenvalue weighted by Crippen LogP contribution is -2.37. The number of nitrogens with one attached hydrogen (secondary N) is 2. The van der Waals surface area contributed by atoms with Gasteiger partial charge in [-0.1, -0.05) is 0 Å². The van der Waals surface area contributed by atoms with E-state index in [9.17, 15) is 4.79 Å². The highest BCUT2D eigenvalue weighted by Gasteiger charge is 2.15. The lowest BCUT2D eigenvalue weighted by atomic mass is 10.1. The summed E-state index contributed by atoms with van der Waals surface area (Å²) in [6.07, 6.45) is 3.95. The van der Waals surface area contributed by atoms with E-state index in [1.165, 1.54) is 0 Å². The Morgan fingerprint density at radius 3 is 3.24 bits per heavy atom. The number of carbonyl (C=O) groups excluding carboxylic acids is 1. The Morgan fingerprint density at radius 2 is 2.53 bits per heavy atom. The number of aromatic nitrogens is 1. The second-order valence-corrected chi connectivity index (χ2v) is 4.04. The quantitative estimate of drug-likeness (QED) is 0.804. The van der Waals surface area contributed by atoms with E-state index in [1.807, 2.05) is 0 Å². The fraction of sp³-hybridized carbons (Fsp3) is 0.500. The summed E-state index contributed by atoms with van der Waals surface area (Å²) in [4.78, 5) is 15.4. The van der Waals surface area contributed by atoms with Gasteiger partial charge in [-0.2, -0.15) is 0 Å². The van der Waals surface area contributed by atoms with Crippen LogP contribution in [0.5, 0.6) is 5.75 Å². The molecule has 1 aliphatic rings. The molecule has 1 fully saturated rings. The predicted molar refractivity (Wildman–Crippen MR) is 64.1 cm³/mol. The van der Waals surface area contributed by atoms with Crippen molar-refractivity contribution in [3.8, 4) is 5.75 Å². The van der Waals surface area contributed by atoms with Crippen LogP contribution < -0.4 is 15.4 Å². The monoisotopic (exact) mass is 235 g/mol. The van der Waals surface area contributed by atoms with Crippen LogP contribution in [-0.2, 0) is 0 Å². The van der Waals surface area contributed by atoms with Gasteiger partial charge in [0.1, 0.15) is 17.5 Å². The smallest absolute Gasteiger partial charge is 0.269 e. The summed E-state index contributed by atoms with van der Waals surface area (Å²) >= 11 is 0. The normalized spacial score (nSPS) is 19.7. The highest BCUT2D eigenvalue weighted by atomic mass is 16.5. The second kappa shape index (κ2) is 5.63. The fourth-order valence-corrected chi connectivity index (χ4v) is 1.85. The van der Waals surface area contributed by atoms with Crippen molar-refractivity contribution in [3.63, 3.8) is 0 Å². The number of pyridine rings is 1. The fourth-order valence-electron chi connectivity index (χ4n) is 1.85. The standard InChI is InChI=1S/C12H17N3O2/c1-13-12(16)11-7-9(4-6-15-11)17-10-3-2-5-14-8-10/h4,6-7,10,14H,2-3,5,8H2,1H3,(H,13,16)/t10-/m1/s1. The molecule has 0 spiro atoms. The van der Waals surface area contributed by atoms with E-state index in [1.54, 1.807) is 25.4 Å². The molecular weight excluding hydrogens is 218 g/mol. The number of hydrogen-bond donors (Lipinski definition) is 2. The van der Waals surface area contributed by atoms with Gasteiger partial charge in [0.25, 0.3) is 5.91 Å². The molecule has 5 heteroatoms. The van der Waals surface area contributed by atoms with Crippen LogP contribution in [0.3, 0.4) is 0 Å². The third kappa shape index (κ3) is 3.17. The van der Waals surface area contributed by atoms with Crippen LogP contribution in [0.4, 0.5) is 0 Å². The largest absolute Gasteiger partial charge is 0.489 e. The zero-order valence-electron chi connectivity index (χ0n) is 9.90. The van der Waals surface area contributed by atoms with Crippen molar-refractivity contribution in [1.82, 2.24) is 15.6 Å². The molecule has 1 aromatic heterocycles. The van der Waals surface area contributed by atoms with E-state index in [-0.39, 0.29) is 12.0 Å². The first kappa shape index (κ1) is 11.9. The molecule has 0 radical (unpaired) electrons. The van der Waals surface area contributed by atoms with Gasteiger partial charge in [0.05, 0.1) is 0 Å². The zero-order valence-corrected chi connectivity index (χ0v) is 9.90. The molecule has 1 amide bonds. The summed E-state index contributed by atoms with van der Waals surface area (Å²) in [5.74, 6) is 0.504. The molecule has 1 saturated heterocycles. The first-order valence-electron chi connectivity index (χ1n) is 5.85. The van der Waals surface area contributed by atoms with Gasteiger partial charge in [-0.3, -0.25) is 9.78 Å². The van der Waals surface area contributed by atoms with Crippen LogP contribution in [-0.4, -0.2) is 37.1 Å². The third-order valence-electron chi connectivity index (χ3n) is 2.75. The minimum atomic E-state index is -0.197. The molecule has 0 unspecified atom stereocenters. The lowest BCUT2D eigenvalue weighted by molar-refractivity contribution is 0.0957. The molecule has 2 N–H and O–H groups in total. The second-order valence-electron chi connectivity index (χ2n) is 4.04. The van der Waals surface area contributed by atoms with E-state index < -0.39 is 0 Å². The maximum Gasteiger partial charge on any atom is 0.269 e. The van der Waals surface area contributed by atoms with Gasteiger partial charge in [-0.15, -0.1) is 0 Å². The van der Waals surface area contributed by atoms with Gasteiger partial charge in [0, 0.05) is 25.9 Å². The minimum absolute atomic E-state index is 0.184. The van der Waals surface area contributed by atoms with Crippen molar-refractivity contribution in [2.75, 3.05) is 20.1 Å². The van der Waals surface area contributed by atoms with Crippen molar-refractivity contribution in [1.29, 1.82) is 0 Å². The van der Waals surface area contributed by atoms with E-state index in [0.717, 1.165) is 25.9 Å². The molecule has 1 atom stereocenters. The van der Waals surface area contributed by atoms with Gasteiger partial charge in [-0.05, 0) is 25.5 Å². The Labute approximate surface area is 101 Å². The van der Waals surface area contributed by atoms with Crippen LogP contribution in [0, 0.1) is 0 Å². The summed E-state index contributed by atoms with van der Waals surface area (Å²) in [5, 5.41) is 5.83. The Balaban J connectivity index is 2.02. The summed E-state index contributed by atoms with van der Waals surface area (Å²) in [7, 11) is 1.59. The molecule has 0 saturated carbocycles. The molecule has 1 aromatic rings. The maximum atomic E-state index is 11.4. The van der Waals surface area contributed by atoms with Gasteiger partial charge in [0.2, 0.25) is 0 Å². The number of rotatable bonds is 3. The minimum Gasteiger partial charge on any atom is -0.489 e. The SMILES string of the molecule is CNC(=O)c1cc(O[C@@H]2CCCNC2)ccn1. The highest BCUT2D eigenvalue weighted by Crippen LogP contribution is 2.16. The predicted octanol–water partition coefficient (Wildman–Crippen LogP) is 0.572. The molecule has 5 nitrogen and oxygen atoms in total. The Hall–Kier alpha value is -1.62. The van der Waals surface area contributed by atoms with Crippen molar-refractivity contribution < 1.29 is 9.53 Å². The molecule has 0 aromatic carbocycles.